The number of benzene rings is 2. The van der Waals surface area contributed by atoms with Crippen LogP contribution < -0.4 is 14.8 Å². The maximum absolute atomic E-state index is 12.8. The molecule has 0 aliphatic carbocycles. The molecule has 0 aliphatic rings. The molecular weight excluding hydrogens is 468 g/mol. The zero-order valence-corrected chi connectivity index (χ0v) is 20.3. The Morgan fingerprint density at radius 1 is 1.06 bits per heavy atom. The average molecular weight is 491 g/mol. The van der Waals surface area contributed by atoms with E-state index in [1.807, 2.05) is 60.0 Å². The van der Waals surface area contributed by atoms with Crippen LogP contribution in [0.5, 0.6) is 11.5 Å². The molecule has 0 unspecified atom stereocenters. The van der Waals surface area contributed by atoms with Gasteiger partial charge >= 0.3 is 0 Å². The highest BCUT2D eigenvalue weighted by Gasteiger charge is 2.13. The highest BCUT2D eigenvalue weighted by atomic mass is 35.5. The number of thiophene rings is 1. The largest absolute Gasteiger partial charge is 0.496 e. The van der Waals surface area contributed by atoms with Gasteiger partial charge in [0, 0.05) is 40.4 Å². The number of hydrogen-bond donors (Lipinski definition) is 1. The normalized spacial score (nSPS) is 10.9. The first-order valence-corrected chi connectivity index (χ1v) is 11.8. The van der Waals surface area contributed by atoms with Gasteiger partial charge < -0.3 is 14.8 Å². The first-order chi connectivity index (χ1) is 16.6. The third-order valence-corrected chi connectivity index (χ3v) is 6.32. The summed E-state index contributed by atoms with van der Waals surface area (Å²) in [7, 11) is 3.24. The minimum absolute atomic E-state index is 0.0885. The molecule has 7 heteroatoms. The zero-order valence-electron chi connectivity index (χ0n) is 18.7. The number of pyridine rings is 1. The van der Waals surface area contributed by atoms with Gasteiger partial charge in [-0.05, 0) is 47.4 Å². The Hall–Kier alpha value is -3.61. The topological polar surface area (TPSA) is 60.5 Å². The number of methoxy groups -OCH3 is 2. The summed E-state index contributed by atoms with van der Waals surface area (Å²) < 4.78 is 11.1. The van der Waals surface area contributed by atoms with Crippen molar-refractivity contribution in [2.75, 3.05) is 19.5 Å². The highest BCUT2D eigenvalue weighted by Crippen LogP contribution is 2.38. The second kappa shape index (κ2) is 11.0. The van der Waals surface area contributed by atoms with Gasteiger partial charge in [-0.2, -0.15) is 0 Å². The fraction of sp³-hybridized carbons (Fsp3) is 0.111. The molecule has 0 radical (unpaired) electrons. The monoisotopic (exact) mass is 490 g/mol. The van der Waals surface area contributed by atoms with E-state index >= 15 is 0 Å². The van der Waals surface area contributed by atoms with Gasteiger partial charge in [0.2, 0.25) is 0 Å². The van der Waals surface area contributed by atoms with E-state index in [1.54, 1.807) is 50.0 Å². The number of carbonyl (C=O) groups is 1. The second-order valence-electron chi connectivity index (χ2n) is 7.38. The van der Waals surface area contributed by atoms with E-state index in [0.29, 0.717) is 22.9 Å². The van der Waals surface area contributed by atoms with E-state index in [2.05, 4.69) is 10.3 Å². The number of carbonyl (C=O) groups excluding carboxylic acids is 1. The summed E-state index contributed by atoms with van der Waals surface area (Å²) in [6.45, 7) is 0.591. The van der Waals surface area contributed by atoms with Crippen molar-refractivity contribution in [3.05, 3.63) is 100 Å². The number of nitrogens with one attached hydrogen (secondary N) is 1. The van der Waals surface area contributed by atoms with Crippen LogP contribution in [0.25, 0.3) is 16.5 Å². The molecule has 172 valence electrons. The van der Waals surface area contributed by atoms with E-state index in [-0.39, 0.29) is 5.78 Å². The number of nitrogens with zero attached hydrogens (tertiary/aromatic N) is 1. The van der Waals surface area contributed by atoms with Crippen LogP contribution in [0, 0.1) is 0 Å². The number of ether oxygens (including phenoxy) is 2. The molecule has 2 aromatic carbocycles. The molecule has 0 atom stereocenters. The van der Waals surface area contributed by atoms with E-state index in [1.165, 1.54) is 0 Å². The van der Waals surface area contributed by atoms with Crippen molar-refractivity contribution in [2.45, 2.75) is 6.54 Å². The number of hydrogen-bond acceptors (Lipinski definition) is 6. The Morgan fingerprint density at radius 3 is 2.50 bits per heavy atom. The summed E-state index contributed by atoms with van der Waals surface area (Å²) in [5.74, 6) is 2.01. The van der Waals surface area contributed by atoms with Crippen molar-refractivity contribution in [1.82, 2.24) is 4.98 Å². The van der Waals surface area contributed by atoms with Gasteiger partial charge in [0.25, 0.3) is 0 Å². The van der Waals surface area contributed by atoms with Crippen molar-refractivity contribution in [2.24, 2.45) is 0 Å². The molecule has 0 saturated heterocycles. The van der Waals surface area contributed by atoms with Crippen molar-refractivity contribution in [3.8, 4) is 21.9 Å². The van der Waals surface area contributed by atoms with Crippen LogP contribution in [-0.2, 0) is 6.54 Å². The SMILES string of the molecule is COc1cc(OC)c(-c2cccs2)cc1/C=C/C(=O)c1ccc(CNc2ccc(Cl)cn2)cc1. The Labute approximate surface area is 207 Å². The van der Waals surface area contributed by atoms with E-state index in [4.69, 9.17) is 21.1 Å². The minimum Gasteiger partial charge on any atom is -0.496 e. The predicted octanol–water partition coefficient (Wildman–Crippen LogP) is 6.99. The van der Waals surface area contributed by atoms with Gasteiger partial charge in [0.05, 0.1) is 19.2 Å². The van der Waals surface area contributed by atoms with Crippen LogP contribution in [-0.4, -0.2) is 25.0 Å². The van der Waals surface area contributed by atoms with Gasteiger partial charge in [-0.1, -0.05) is 41.9 Å². The molecule has 2 aromatic heterocycles. The molecule has 4 aromatic rings. The van der Waals surface area contributed by atoms with Crippen LogP contribution in [0.3, 0.4) is 0 Å². The number of rotatable bonds is 9. The molecule has 0 spiro atoms. The number of aromatic nitrogens is 1. The average Bonchev–Trinajstić information content (AvgIpc) is 3.41. The van der Waals surface area contributed by atoms with E-state index in [0.717, 1.165) is 33.1 Å². The molecule has 4 rings (SSSR count). The Bertz CT molecular complexity index is 1280. The Morgan fingerprint density at radius 2 is 1.85 bits per heavy atom. The maximum Gasteiger partial charge on any atom is 0.185 e. The fourth-order valence-electron chi connectivity index (χ4n) is 3.40. The lowest BCUT2D eigenvalue weighted by molar-refractivity contribution is 0.104. The predicted molar refractivity (Wildman–Crippen MR) is 139 cm³/mol. The first-order valence-electron chi connectivity index (χ1n) is 10.5. The lowest BCUT2D eigenvalue weighted by Gasteiger charge is -2.12. The number of ketones is 1. The van der Waals surface area contributed by atoms with Crippen LogP contribution in [0.1, 0.15) is 21.5 Å². The van der Waals surface area contributed by atoms with E-state index in [9.17, 15) is 4.79 Å². The lowest BCUT2D eigenvalue weighted by Crippen LogP contribution is -2.02. The van der Waals surface area contributed by atoms with Crippen molar-refractivity contribution in [1.29, 1.82) is 0 Å². The molecule has 0 amide bonds. The lowest BCUT2D eigenvalue weighted by atomic mass is 10.0. The smallest absolute Gasteiger partial charge is 0.185 e. The number of halogens is 1. The van der Waals surface area contributed by atoms with Crippen LogP contribution in [0.4, 0.5) is 5.82 Å². The third-order valence-electron chi connectivity index (χ3n) is 5.19. The molecule has 34 heavy (non-hydrogen) atoms. The molecule has 5 nitrogen and oxygen atoms in total. The van der Waals surface area contributed by atoms with Gasteiger partial charge in [-0.15, -0.1) is 11.3 Å². The van der Waals surface area contributed by atoms with Crippen LogP contribution in [0.15, 0.2) is 78.3 Å². The molecule has 2 heterocycles. The van der Waals surface area contributed by atoms with Crippen LogP contribution in [0.2, 0.25) is 5.02 Å². The van der Waals surface area contributed by atoms with Gasteiger partial charge in [-0.25, -0.2) is 4.98 Å². The molecule has 0 bridgehead atoms. The molecule has 0 saturated carbocycles. The summed E-state index contributed by atoms with van der Waals surface area (Å²) >= 11 is 7.49. The van der Waals surface area contributed by atoms with Crippen molar-refractivity contribution in [3.63, 3.8) is 0 Å². The summed E-state index contributed by atoms with van der Waals surface area (Å²) in [6, 6.07) is 18.9. The fourth-order valence-corrected chi connectivity index (χ4v) is 4.26. The quantitative estimate of drug-likeness (QED) is 0.202. The molecule has 0 aliphatic heterocycles. The summed E-state index contributed by atoms with van der Waals surface area (Å²) in [5, 5.41) is 5.84. The Kier molecular flexibility index (Phi) is 7.62. The molecule has 1 N–H and O–H groups in total. The van der Waals surface area contributed by atoms with Gasteiger partial charge in [0.15, 0.2) is 5.78 Å². The zero-order chi connectivity index (χ0) is 23.9. The van der Waals surface area contributed by atoms with Crippen molar-refractivity contribution >= 4 is 40.6 Å². The van der Waals surface area contributed by atoms with Crippen molar-refractivity contribution < 1.29 is 14.3 Å². The van der Waals surface area contributed by atoms with Gasteiger partial charge in [0.1, 0.15) is 17.3 Å². The maximum atomic E-state index is 12.8. The third kappa shape index (κ3) is 5.65. The van der Waals surface area contributed by atoms with Gasteiger partial charge in [-0.3, -0.25) is 4.79 Å². The standard InChI is InChI=1S/C27H23ClN2O3S/c1-32-24-15-25(33-2)22(26-4-3-13-34-26)14-20(24)9-11-23(31)19-7-5-18(6-8-19)16-29-27-12-10-21(28)17-30-27/h3-15,17H,16H2,1-2H3,(H,29,30)/b11-9+. The van der Waals surface area contributed by atoms with E-state index < -0.39 is 0 Å². The molecular formula is C27H23ClN2O3S. The number of anilines is 1. The number of allylic oxidation sites excluding steroid dienone is 1. The van der Waals surface area contributed by atoms with Crippen LogP contribution >= 0.6 is 22.9 Å². The highest BCUT2D eigenvalue weighted by molar-refractivity contribution is 7.13. The first kappa shape index (κ1) is 23.5. The summed E-state index contributed by atoms with van der Waals surface area (Å²) in [6.07, 6.45) is 4.94. The second-order valence-corrected chi connectivity index (χ2v) is 8.77. The summed E-state index contributed by atoms with van der Waals surface area (Å²) in [5.41, 5.74) is 3.40. The Balaban J connectivity index is 1.47. The summed E-state index contributed by atoms with van der Waals surface area (Å²) in [4.78, 5) is 18.1. The minimum atomic E-state index is -0.0885. The molecule has 0 fully saturated rings.